The number of thioether (sulfide) groups is 5. The number of carbonyl (C=O) groups is 10. The molecule has 0 aliphatic heterocycles. The highest BCUT2D eigenvalue weighted by Crippen LogP contribution is 2.49. The highest BCUT2D eigenvalue weighted by molar-refractivity contribution is 9.10. The number of rotatable bonds is 38. The Hall–Kier alpha value is -11.2. The lowest BCUT2D eigenvalue weighted by molar-refractivity contribution is -0.143. The van der Waals surface area contributed by atoms with Gasteiger partial charge in [-0.05, 0) is 219 Å². The van der Waals surface area contributed by atoms with E-state index in [-0.39, 0.29) is 61.0 Å². The molecule has 15 aromatic rings. The fourth-order valence-electron chi connectivity index (χ4n) is 16.6. The van der Waals surface area contributed by atoms with Gasteiger partial charge in [0, 0.05) is 59.0 Å². The van der Waals surface area contributed by atoms with Crippen LogP contribution >= 0.6 is 125 Å². The lowest BCUT2D eigenvalue weighted by Crippen LogP contribution is -2.31. The maximum absolute atomic E-state index is 12.8. The van der Waals surface area contributed by atoms with Gasteiger partial charge in [0.05, 0.1) is 113 Å². The van der Waals surface area contributed by atoms with E-state index in [1.807, 2.05) is 142 Å². The Labute approximate surface area is 919 Å². The van der Waals surface area contributed by atoms with Crippen molar-refractivity contribution in [2.45, 2.75) is 244 Å². The summed E-state index contributed by atoms with van der Waals surface area (Å²) in [6, 6.07) is 63.6. The number of imidazole rings is 5. The molecule has 25 nitrogen and oxygen atoms in total. The zero-order chi connectivity index (χ0) is 109. The van der Waals surface area contributed by atoms with Crippen LogP contribution in [0.25, 0.3) is 82.3 Å². The molecular weight excluding hydrogens is 2180 g/mol. The fourth-order valence-corrected chi connectivity index (χ4v) is 23.8. The van der Waals surface area contributed by atoms with Crippen molar-refractivity contribution < 1.29 is 73.5 Å². The number of hydrogen-bond acceptors (Lipinski definition) is 20. The number of aromatic nitrogens is 10. The highest BCUT2D eigenvalue weighted by atomic mass is 79.9. The van der Waals surface area contributed by atoms with E-state index in [2.05, 4.69) is 182 Å². The number of nitrogens with zero attached hydrogens (tertiary/aromatic N) is 10. The number of carboxylic acids is 5. The maximum atomic E-state index is 12.8. The summed E-state index contributed by atoms with van der Waals surface area (Å²) < 4.78 is 6.95. The third-order valence-corrected chi connectivity index (χ3v) is 34.0. The number of halogens is 5. The Balaban J connectivity index is 0.000000165. The number of fused-ring (bicyclic) bond motifs is 5. The van der Waals surface area contributed by atoms with Crippen LogP contribution in [0.3, 0.4) is 0 Å². The van der Waals surface area contributed by atoms with Crippen LogP contribution in [-0.2, 0) is 54.4 Å². The van der Waals surface area contributed by atoms with Gasteiger partial charge in [0.15, 0.2) is 25.8 Å². The molecule has 5 atom stereocenters. The second kappa shape index (κ2) is 49.5. The highest BCUT2D eigenvalue weighted by Gasteiger charge is 2.41. The van der Waals surface area contributed by atoms with Crippen molar-refractivity contribution in [2.24, 2.45) is 29.6 Å². The van der Waals surface area contributed by atoms with Gasteiger partial charge in [0.1, 0.15) is 53.6 Å². The van der Waals surface area contributed by atoms with Crippen LogP contribution in [0.5, 0.6) is 0 Å². The standard InChI is InChI=1S/C24H27BrN2O3S.C24H25ClN2O3S.C23H25ClN2O3S.C22H23BrN2O3S.C21H21ClN2O3S/c1-14(2)16-10-11-19(18-9-7-6-8-17(16)18)27-21(25)13-26-23(27)31-24(4,5)20(28)12-15(3)22(29)30;1-14(22(29)30)12-20(28)24(2,3)31-23-26-13-21(25)27(23)19-11-10-16(15-8-9-15)17-6-4-5-7-18(17)19;1-5-15-10-11-18(17-9-7-6-8-16(15)17)26-20(24)13-25-22(26)30-23(3,4)19(27)12-14(2)21(28)29;1-13-9-10-17(16-8-6-5-7-15(13)16)25-19(23)12-24-21(25)29-22(3,4)18(26)11-14(2)20(27)28;1-13(19(26)27)11-17(25)21(2,3)28-20-23-12-18(22)24(20)16-10-6-8-14-7-4-5-9-15(14)16/h6-11,13-15H,12H2,1-5H3,(H,29,30);4-7,10-11,13-15H,8-9,12H2,1-3H3,(H,29,30);6-11,13-14H,5,12H2,1-4H3,(H,28,29);5-10,12,14H,11H2,1-4H3,(H,27,28);4-10,12-13H,11H2,1-3H3,(H,26,27). The molecular formula is C114H121Br2Cl3N10O15S5. The van der Waals surface area contributed by atoms with Crippen LogP contribution in [0.1, 0.15) is 204 Å². The largest absolute Gasteiger partial charge is 0.481 e. The Bertz CT molecular complexity index is 7410. The van der Waals surface area contributed by atoms with Crippen LogP contribution in [-0.4, -0.2) is 156 Å². The van der Waals surface area contributed by atoms with Crippen LogP contribution < -0.4 is 0 Å². The molecule has 0 amide bonds. The molecule has 1 fully saturated rings. The number of aliphatic carboxylic acids is 5. The average Bonchev–Trinajstić information content (AvgIpc) is 1.69. The Kier molecular flexibility index (Phi) is 38.7. The fraction of sp³-hybridized carbons (Fsp3) is 0.342. The molecule has 0 saturated heterocycles. The molecule has 0 bridgehead atoms. The van der Waals surface area contributed by atoms with Crippen LogP contribution in [0, 0.1) is 36.5 Å². The third-order valence-electron chi connectivity index (χ3n) is 26.1. The first-order valence-corrected chi connectivity index (χ1v) is 55.4. The molecule has 35 heteroatoms. The van der Waals surface area contributed by atoms with E-state index >= 15 is 0 Å². The second-order valence-corrected chi connectivity index (χ2v) is 50.6. The number of carbonyl (C=O) groups excluding carboxylic acids is 5. The van der Waals surface area contributed by atoms with Crippen molar-refractivity contribution in [3.05, 3.63) is 266 Å². The van der Waals surface area contributed by atoms with Gasteiger partial charge in [-0.3, -0.25) is 70.8 Å². The first-order chi connectivity index (χ1) is 70.2. The molecule has 0 radical (unpaired) electrons. The van der Waals surface area contributed by atoms with E-state index in [1.165, 1.54) is 112 Å². The number of Topliss-reactive ketones (excluding diaryl/α,β-unsaturated/α-hetero) is 5. The molecule has 1 saturated carbocycles. The van der Waals surface area contributed by atoms with Gasteiger partial charge in [-0.15, -0.1) is 0 Å². The summed E-state index contributed by atoms with van der Waals surface area (Å²) >= 11 is 33.3. The predicted octanol–water partition coefficient (Wildman–Crippen LogP) is 29.2. The van der Waals surface area contributed by atoms with E-state index in [9.17, 15) is 47.9 Å². The van der Waals surface area contributed by atoms with Gasteiger partial charge in [0.25, 0.3) is 0 Å². The van der Waals surface area contributed by atoms with Crippen molar-refractivity contribution in [1.82, 2.24) is 47.8 Å². The molecule has 10 aromatic carbocycles. The summed E-state index contributed by atoms with van der Waals surface area (Å²) in [7, 11) is 0. The van der Waals surface area contributed by atoms with E-state index in [4.69, 9.17) is 60.3 Å². The van der Waals surface area contributed by atoms with Gasteiger partial charge >= 0.3 is 29.8 Å². The van der Waals surface area contributed by atoms with Crippen LogP contribution in [0.15, 0.2) is 254 Å². The molecule has 5 unspecified atom stereocenters. The lowest BCUT2D eigenvalue weighted by atomic mass is 9.95. The normalized spacial score (nSPS) is 13.4. The molecule has 1 aliphatic rings. The number of benzene rings is 10. The quantitative estimate of drug-likeness (QED) is 0.0224. The molecule has 5 N–H and O–H groups in total. The summed E-state index contributed by atoms with van der Waals surface area (Å²) in [5.41, 5.74) is 9.73. The molecule has 149 heavy (non-hydrogen) atoms. The van der Waals surface area contributed by atoms with Gasteiger partial charge in [-0.2, -0.15) is 0 Å². The van der Waals surface area contributed by atoms with Crippen molar-refractivity contribution in [3.63, 3.8) is 0 Å². The molecule has 0 spiro atoms. The Morgan fingerprint density at radius 1 is 0.329 bits per heavy atom. The van der Waals surface area contributed by atoms with Crippen LogP contribution in [0.4, 0.5) is 0 Å². The summed E-state index contributed by atoms with van der Waals surface area (Å²) in [6.45, 7) is 34.3. The third kappa shape index (κ3) is 27.9. The number of ketones is 5. The lowest BCUT2D eigenvalue weighted by Gasteiger charge is -2.24. The second-order valence-electron chi connectivity index (χ2n) is 39.8. The molecule has 16 rings (SSSR count). The Morgan fingerprint density at radius 2 is 0.597 bits per heavy atom. The minimum absolute atomic E-state index is 0.00925. The zero-order valence-electron chi connectivity index (χ0n) is 86.2. The number of carboxylic acid groups (broad SMARTS) is 5. The van der Waals surface area contributed by atoms with Gasteiger partial charge in [-0.25, -0.2) is 24.9 Å². The minimum atomic E-state index is -0.977. The number of aryl methyl sites for hydroxylation is 2. The first kappa shape index (κ1) is 116. The summed E-state index contributed by atoms with van der Waals surface area (Å²) in [5.74, 6) is -8.09. The van der Waals surface area contributed by atoms with E-state index < -0.39 is 83.2 Å². The first-order valence-electron chi connectivity index (χ1n) is 48.6. The summed E-state index contributed by atoms with van der Waals surface area (Å²) in [6.07, 6.45) is 11.4. The summed E-state index contributed by atoms with van der Waals surface area (Å²) in [5, 5.41) is 61.3. The molecule has 1 aliphatic carbocycles. The van der Waals surface area contributed by atoms with Gasteiger partial charge in [-0.1, -0.05) is 307 Å². The monoisotopic (exact) mass is 2290 g/mol. The predicted molar refractivity (Wildman–Crippen MR) is 608 cm³/mol. The van der Waals surface area contributed by atoms with Crippen molar-refractivity contribution in [3.8, 4) is 28.4 Å². The average molecular weight is 2300 g/mol. The SMILES string of the molecule is CC(CC(=O)C(C)(C)Sc1ncc(Br)n1-c1ccc(C(C)C)c2ccccc12)C(=O)O.CC(CC(=O)C(C)(C)Sc1ncc(Cl)n1-c1ccc(C2CC2)c2ccccc12)C(=O)O.CC(CC(=O)C(C)(C)Sc1ncc(Cl)n1-c1cccc2ccccc12)C(=O)O.CCc1ccc(-n2c(Cl)cnc2SC(C)(C)C(=O)CC(C)C(=O)O)c2ccccc12.Cc1ccc(-n2c(Br)cnc2SC(C)(C)C(=O)CC(C)C(=O)O)c2ccccc12. The molecule has 5 aromatic heterocycles. The van der Waals surface area contributed by atoms with Crippen molar-refractivity contribution in [2.75, 3.05) is 0 Å². The van der Waals surface area contributed by atoms with Gasteiger partial charge < -0.3 is 25.5 Å². The van der Waals surface area contributed by atoms with Crippen molar-refractivity contribution >= 4 is 238 Å². The van der Waals surface area contributed by atoms with Gasteiger partial charge in [0.2, 0.25) is 0 Å². The summed E-state index contributed by atoms with van der Waals surface area (Å²) in [4.78, 5) is 142. The van der Waals surface area contributed by atoms with E-state index in [0.717, 1.165) is 87.2 Å². The molecule has 5 heterocycles. The zero-order valence-corrected chi connectivity index (χ0v) is 95.7. The minimum Gasteiger partial charge on any atom is -0.481 e. The smallest absolute Gasteiger partial charge is 0.306 e. The Morgan fingerprint density at radius 3 is 0.953 bits per heavy atom. The van der Waals surface area contributed by atoms with Crippen LogP contribution in [0.2, 0.25) is 15.5 Å². The topological polar surface area (TPSA) is 361 Å². The maximum Gasteiger partial charge on any atom is 0.306 e. The van der Waals surface area contributed by atoms with E-state index in [1.54, 1.807) is 100 Å². The molecule has 782 valence electrons. The van der Waals surface area contributed by atoms with Crippen molar-refractivity contribution in [1.29, 1.82) is 0 Å². The van der Waals surface area contributed by atoms with E-state index in [0.29, 0.717) is 53.1 Å². The number of hydrogen-bond donors (Lipinski definition) is 5.